The number of aromatic nitrogens is 1. The number of hydrogen-bond acceptors (Lipinski definition) is 7. The Kier molecular flexibility index (Phi) is 9.03. The Labute approximate surface area is 247 Å². The minimum absolute atomic E-state index is 0.0227. The molecular weight excluding hydrogens is 552 g/mol. The molecule has 2 heterocycles. The largest absolute Gasteiger partial charge is 0.494 e. The van der Waals surface area contributed by atoms with Gasteiger partial charge in [-0.1, -0.05) is 30.3 Å². The molecule has 0 bridgehead atoms. The van der Waals surface area contributed by atoms with E-state index in [1.54, 1.807) is 24.3 Å². The fraction of sp³-hybridized carbons (Fsp3) is 0.344. The molecule has 9 nitrogen and oxygen atoms in total. The van der Waals surface area contributed by atoms with Crippen molar-refractivity contribution in [2.45, 2.75) is 26.7 Å². The van der Waals surface area contributed by atoms with Gasteiger partial charge < -0.3 is 24.5 Å². The van der Waals surface area contributed by atoms with Crippen LogP contribution in [0.4, 0.5) is 11.4 Å². The zero-order chi connectivity index (χ0) is 29.7. The van der Waals surface area contributed by atoms with E-state index < -0.39 is 10.0 Å². The van der Waals surface area contributed by atoms with Crippen molar-refractivity contribution < 1.29 is 23.0 Å². The predicted molar refractivity (Wildman–Crippen MR) is 168 cm³/mol. The van der Waals surface area contributed by atoms with Crippen molar-refractivity contribution in [1.82, 2.24) is 9.88 Å². The Bertz CT molecular complexity index is 1640. The number of fused-ring (bicyclic) bond motifs is 1. The summed E-state index contributed by atoms with van der Waals surface area (Å²) < 4.78 is 38.4. The number of benzene rings is 3. The van der Waals surface area contributed by atoms with E-state index in [-0.39, 0.29) is 5.88 Å². The molecule has 3 aromatic carbocycles. The summed E-state index contributed by atoms with van der Waals surface area (Å²) in [5, 5.41) is 11.9. The fourth-order valence-corrected chi connectivity index (χ4v) is 6.29. The average Bonchev–Trinajstić information content (AvgIpc) is 3.60. The highest BCUT2D eigenvalue weighted by atomic mass is 32.2. The number of sulfonamides is 1. The molecule has 5 rings (SSSR count). The maximum Gasteiger partial charge on any atom is 0.232 e. The van der Waals surface area contributed by atoms with Crippen LogP contribution in [0, 0.1) is 0 Å². The fourth-order valence-electron chi connectivity index (χ4n) is 5.37. The van der Waals surface area contributed by atoms with Crippen LogP contribution < -0.4 is 13.8 Å². The Morgan fingerprint density at radius 1 is 0.976 bits per heavy atom. The van der Waals surface area contributed by atoms with Crippen LogP contribution in [0.15, 0.2) is 71.7 Å². The molecule has 0 atom stereocenters. The van der Waals surface area contributed by atoms with Gasteiger partial charge in [0.2, 0.25) is 10.0 Å². The second kappa shape index (κ2) is 12.9. The van der Waals surface area contributed by atoms with Gasteiger partial charge >= 0.3 is 0 Å². The Morgan fingerprint density at radius 2 is 1.62 bits per heavy atom. The maximum atomic E-state index is 12.7. The molecule has 42 heavy (non-hydrogen) atoms. The number of aromatic amines is 1. The average molecular weight is 591 g/mol. The van der Waals surface area contributed by atoms with Crippen molar-refractivity contribution in [2.75, 3.05) is 50.0 Å². The van der Waals surface area contributed by atoms with Crippen LogP contribution in [0.3, 0.4) is 0 Å². The molecule has 1 saturated heterocycles. The summed E-state index contributed by atoms with van der Waals surface area (Å²) in [7, 11) is -3.46. The monoisotopic (exact) mass is 590 g/mol. The van der Waals surface area contributed by atoms with E-state index >= 15 is 0 Å². The van der Waals surface area contributed by atoms with Crippen LogP contribution in [-0.4, -0.2) is 74.8 Å². The lowest BCUT2D eigenvalue weighted by Crippen LogP contribution is -2.37. The van der Waals surface area contributed by atoms with E-state index in [9.17, 15) is 13.5 Å². The zero-order valence-electron chi connectivity index (χ0n) is 24.3. The first-order valence-electron chi connectivity index (χ1n) is 14.4. The van der Waals surface area contributed by atoms with Gasteiger partial charge in [0.1, 0.15) is 0 Å². The number of likely N-dealkylation sites (tertiary alicyclic amines) is 1. The van der Waals surface area contributed by atoms with Gasteiger partial charge in [-0.25, -0.2) is 13.4 Å². The lowest BCUT2D eigenvalue weighted by molar-refractivity contribution is 0.288. The smallest absolute Gasteiger partial charge is 0.232 e. The number of aromatic hydroxyl groups is 1. The number of anilines is 1. The maximum absolute atomic E-state index is 12.7. The van der Waals surface area contributed by atoms with Crippen molar-refractivity contribution in [3.05, 3.63) is 77.9 Å². The highest BCUT2D eigenvalue weighted by Crippen LogP contribution is 2.39. The summed E-state index contributed by atoms with van der Waals surface area (Å²) in [6, 6.07) is 20.5. The van der Waals surface area contributed by atoms with Crippen LogP contribution in [0.25, 0.3) is 10.9 Å². The minimum atomic E-state index is -3.46. The zero-order valence-corrected chi connectivity index (χ0v) is 25.2. The second-order valence-corrected chi connectivity index (χ2v) is 12.2. The third kappa shape index (κ3) is 6.55. The first-order chi connectivity index (χ1) is 20.3. The van der Waals surface area contributed by atoms with E-state index in [0.717, 1.165) is 36.9 Å². The van der Waals surface area contributed by atoms with Crippen molar-refractivity contribution in [1.29, 1.82) is 0 Å². The van der Waals surface area contributed by atoms with Gasteiger partial charge in [0.05, 0.1) is 47.6 Å². The normalized spacial score (nSPS) is 14.4. The first-order valence-corrected chi connectivity index (χ1v) is 16.2. The molecule has 0 unspecified atom stereocenters. The van der Waals surface area contributed by atoms with Gasteiger partial charge in [0.15, 0.2) is 17.4 Å². The number of hydrogen-bond donors (Lipinski definition) is 2. The molecular formula is C32H38N4O5S. The molecule has 1 aliphatic rings. The second-order valence-electron chi connectivity index (χ2n) is 10.3. The highest BCUT2D eigenvalue weighted by Gasteiger charge is 2.23. The number of ether oxygens (including phenoxy) is 2. The van der Waals surface area contributed by atoms with E-state index in [4.69, 9.17) is 14.5 Å². The molecule has 1 aliphatic heterocycles. The van der Waals surface area contributed by atoms with Crippen LogP contribution in [0.2, 0.25) is 0 Å². The van der Waals surface area contributed by atoms with Crippen LogP contribution in [-0.2, 0) is 10.0 Å². The van der Waals surface area contributed by atoms with E-state index in [0.29, 0.717) is 66.0 Å². The third-order valence-electron chi connectivity index (χ3n) is 7.32. The topological polar surface area (TPSA) is 107 Å². The summed E-state index contributed by atoms with van der Waals surface area (Å²) in [6.45, 7) is 7.86. The summed E-state index contributed by atoms with van der Waals surface area (Å²) in [5.41, 5.74) is 3.82. The third-order valence-corrected chi connectivity index (χ3v) is 8.52. The van der Waals surface area contributed by atoms with Crippen molar-refractivity contribution in [2.24, 2.45) is 4.99 Å². The summed E-state index contributed by atoms with van der Waals surface area (Å²) in [5.74, 6) is 1.15. The van der Waals surface area contributed by atoms with Gasteiger partial charge in [-0.2, -0.15) is 0 Å². The predicted octanol–water partition coefficient (Wildman–Crippen LogP) is 5.70. The van der Waals surface area contributed by atoms with Crippen molar-refractivity contribution >= 4 is 38.0 Å². The molecule has 222 valence electrons. The molecule has 1 aromatic heterocycles. The highest BCUT2D eigenvalue weighted by molar-refractivity contribution is 7.92. The van der Waals surface area contributed by atoms with Gasteiger partial charge in [0.25, 0.3) is 0 Å². The van der Waals surface area contributed by atoms with Crippen LogP contribution in [0.1, 0.15) is 37.8 Å². The summed E-state index contributed by atoms with van der Waals surface area (Å²) >= 11 is 0. The summed E-state index contributed by atoms with van der Waals surface area (Å²) in [4.78, 5) is 10.3. The molecule has 10 heteroatoms. The molecule has 0 saturated carbocycles. The molecule has 0 spiro atoms. The minimum Gasteiger partial charge on any atom is -0.494 e. The van der Waals surface area contributed by atoms with Gasteiger partial charge in [0, 0.05) is 30.1 Å². The van der Waals surface area contributed by atoms with Crippen LogP contribution >= 0.6 is 0 Å². The SMILES string of the molecule is CCOc1cc2[nH]c(O)c(C(=Nc3ccc(N(CCN4CCCC4)S(C)(=O)=O)cc3)c3ccccc3)c2cc1OCC. The lowest BCUT2D eigenvalue weighted by atomic mass is 10.0. The van der Waals surface area contributed by atoms with E-state index in [2.05, 4.69) is 9.88 Å². The van der Waals surface area contributed by atoms with Crippen LogP contribution in [0.5, 0.6) is 17.4 Å². The molecule has 0 aliphatic carbocycles. The molecule has 2 N–H and O–H groups in total. The number of nitrogens with one attached hydrogen (secondary N) is 1. The van der Waals surface area contributed by atoms with E-state index in [1.165, 1.54) is 10.6 Å². The molecule has 0 radical (unpaired) electrons. The Morgan fingerprint density at radius 3 is 2.24 bits per heavy atom. The van der Waals surface area contributed by atoms with Gasteiger partial charge in [-0.3, -0.25) is 4.31 Å². The van der Waals surface area contributed by atoms with Gasteiger partial charge in [-0.15, -0.1) is 0 Å². The quantitative estimate of drug-likeness (QED) is 0.205. The Hall–Kier alpha value is -4.02. The van der Waals surface area contributed by atoms with Crippen molar-refractivity contribution in [3.8, 4) is 17.4 Å². The lowest BCUT2D eigenvalue weighted by Gasteiger charge is -2.25. The number of H-pyrrole nitrogens is 1. The van der Waals surface area contributed by atoms with E-state index in [1.807, 2.05) is 56.3 Å². The van der Waals surface area contributed by atoms with Gasteiger partial charge in [-0.05, 0) is 70.1 Å². The number of rotatable bonds is 12. The standard InChI is InChI=1S/C32H38N4O5S/c1-4-40-28-21-26-27(22-29(28)41-5-2)34-32(37)30(26)31(23-11-7-6-8-12-23)33-24-13-15-25(16-14-24)36(42(3,38)39)20-19-35-17-9-10-18-35/h6-8,11-16,21-22,34,37H,4-5,9-10,17-20H2,1-3H3. The number of aliphatic imine (C=N–C) groups is 1. The summed E-state index contributed by atoms with van der Waals surface area (Å²) in [6.07, 6.45) is 3.55. The van der Waals surface area contributed by atoms with Crippen molar-refractivity contribution in [3.63, 3.8) is 0 Å². The Balaban J connectivity index is 1.55. The first kappa shape index (κ1) is 29.5. The molecule has 4 aromatic rings. The molecule has 1 fully saturated rings. The molecule has 0 amide bonds. The number of nitrogens with zero attached hydrogens (tertiary/aromatic N) is 3.